The lowest BCUT2D eigenvalue weighted by Crippen LogP contribution is -2.53. The summed E-state index contributed by atoms with van der Waals surface area (Å²) in [4.78, 5) is 11.4. The fourth-order valence-corrected chi connectivity index (χ4v) is 8.35. The Bertz CT molecular complexity index is 749. The van der Waals surface area contributed by atoms with Crippen molar-refractivity contribution < 1.29 is 9.52 Å². The fraction of sp³-hybridized carbons (Fsp3) is 0.792. The molecule has 0 radical (unpaired) electrons. The minimum atomic E-state index is -0.243. The molecule has 0 saturated heterocycles. The lowest BCUT2D eigenvalue weighted by Gasteiger charge is -2.61. The third-order valence-electron chi connectivity index (χ3n) is 9.76. The van der Waals surface area contributed by atoms with Crippen molar-refractivity contribution in [3.8, 4) is 0 Å². The molecule has 5 rings (SSSR count). The summed E-state index contributed by atoms with van der Waals surface area (Å²) >= 11 is 0. The van der Waals surface area contributed by atoms with Crippen LogP contribution in [0.3, 0.4) is 0 Å². The molecular weight excluding hydrogens is 336 g/mol. The van der Waals surface area contributed by atoms with Gasteiger partial charge in [-0.25, -0.2) is 4.79 Å². The fourth-order valence-electron chi connectivity index (χ4n) is 8.35. The van der Waals surface area contributed by atoms with Gasteiger partial charge in [0.1, 0.15) is 0 Å². The summed E-state index contributed by atoms with van der Waals surface area (Å²) in [7, 11) is 0. The molecule has 4 saturated carbocycles. The molecule has 4 aliphatic carbocycles. The highest BCUT2D eigenvalue weighted by Crippen LogP contribution is 2.68. The molecule has 4 aliphatic rings. The molecule has 8 atom stereocenters. The van der Waals surface area contributed by atoms with Crippen molar-refractivity contribution in [2.24, 2.45) is 34.5 Å². The van der Waals surface area contributed by atoms with E-state index in [2.05, 4.69) is 13.8 Å². The molecule has 1 N–H and O–H groups in total. The Labute approximate surface area is 162 Å². The third-order valence-corrected chi connectivity index (χ3v) is 9.76. The van der Waals surface area contributed by atoms with Crippen LogP contribution in [0.4, 0.5) is 0 Å². The normalized spacial score (nSPS) is 49.1. The zero-order valence-electron chi connectivity index (χ0n) is 16.8. The number of fused-ring (bicyclic) bond motifs is 5. The monoisotopic (exact) mass is 370 g/mol. The van der Waals surface area contributed by atoms with Gasteiger partial charge in [-0.1, -0.05) is 13.8 Å². The van der Waals surface area contributed by atoms with Crippen LogP contribution in [-0.4, -0.2) is 11.2 Å². The molecule has 1 aromatic rings. The first-order chi connectivity index (χ1) is 12.9. The van der Waals surface area contributed by atoms with Crippen molar-refractivity contribution in [3.63, 3.8) is 0 Å². The van der Waals surface area contributed by atoms with Crippen LogP contribution in [0.1, 0.15) is 83.1 Å². The second kappa shape index (κ2) is 6.20. The molecule has 0 amide bonds. The van der Waals surface area contributed by atoms with Gasteiger partial charge < -0.3 is 9.52 Å². The Hall–Kier alpha value is -1.09. The molecule has 0 bridgehead atoms. The summed E-state index contributed by atoms with van der Waals surface area (Å²) in [6, 6.07) is 3.61. The van der Waals surface area contributed by atoms with Crippen LogP contribution in [0.2, 0.25) is 0 Å². The van der Waals surface area contributed by atoms with Gasteiger partial charge in [-0.05, 0) is 110 Å². The smallest absolute Gasteiger partial charge is 0.335 e. The Balaban J connectivity index is 1.43. The summed E-state index contributed by atoms with van der Waals surface area (Å²) in [5.74, 6) is 3.76. The maximum atomic E-state index is 11.4. The second-order valence-electron chi connectivity index (χ2n) is 10.6. The van der Waals surface area contributed by atoms with Gasteiger partial charge in [-0.2, -0.15) is 0 Å². The molecule has 3 heteroatoms. The molecule has 1 heterocycles. The summed E-state index contributed by atoms with van der Waals surface area (Å²) in [6.45, 7) is 5.08. The van der Waals surface area contributed by atoms with Crippen LogP contribution in [0, 0.1) is 34.5 Å². The highest BCUT2D eigenvalue weighted by molar-refractivity contribution is 5.22. The van der Waals surface area contributed by atoms with Crippen LogP contribution < -0.4 is 5.63 Å². The molecular formula is C24H34O3. The first-order valence-corrected chi connectivity index (χ1v) is 11.2. The van der Waals surface area contributed by atoms with Gasteiger partial charge in [0.15, 0.2) is 0 Å². The zero-order valence-corrected chi connectivity index (χ0v) is 16.8. The van der Waals surface area contributed by atoms with E-state index in [0.29, 0.717) is 16.7 Å². The van der Waals surface area contributed by atoms with E-state index in [1.54, 1.807) is 12.3 Å². The molecule has 0 aliphatic heterocycles. The SMILES string of the molecule is CC12CC[C@H](O)CC1CCC1C2CCC2(C)C(c3ccc(=O)oc3)CCC12. The van der Waals surface area contributed by atoms with E-state index in [0.717, 1.165) is 36.5 Å². The van der Waals surface area contributed by atoms with Crippen molar-refractivity contribution in [1.82, 2.24) is 0 Å². The van der Waals surface area contributed by atoms with E-state index in [-0.39, 0.29) is 11.7 Å². The maximum Gasteiger partial charge on any atom is 0.335 e. The second-order valence-corrected chi connectivity index (χ2v) is 10.6. The Kier molecular flexibility index (Phi) is 4.13. The van der Waals surface area contributed by atoms with Gasteiger partial charge in [0.25, 0.3) is 0 Å². The van der Waals surface area contributed by atoms with E-state index >= 15 is 0 Å². The average Bonchev–Trinajstić information content (AvgIpc) is 3.00. The maximum absolute atomic E-state index is 11.4. The largest absolute Gasteiger partial charge is 0.431 e. The molecule has 0 spiro atoms. The van der Waals surface area contributed by atoms with Crippen LogP contribution >= 0.6 is 0 Å². The highest BCUT2D eigenvalue weighted by Gasteiger charge is 2.60. The van der Waals surface area contributed by atoms with Gasteiger partial charge in [-0.3, -0.25) is 0 Å². The summed E-state index contributed by atoms with van der Waals surface area (Å²) < 4.78 is 5.22. The Morgan fingerprint density at radius 2 is 1.74 bits per heavy atom. The molecule has 27 heavy (non-hydrogen) atoms. The number of rotatable bonds is 1. The lowest BCUT2D eigenvalue weighted by atomic mass is 9.44. The minimum absolute atomic E-state index is 0.0583. The van der Waals surface area contributed by atoms with E-state index in [9.17, 15) is 9.90 Å². The van der Waals surface area contributed by atoms with Crippen molar-refractivity contribution in [2.45, 2.75) is 83.7 Å². The number of hydrogen-bond donors (Lipinski definition) is 1. The van der Waals surface area contributed by atoms with Gasteiger partial charge in [0.2, 0.25) is 0 Å². The lowest BCUT2D eigenvalue weighted by molar-refractivity contribution is -0.122. The molecule has 3 nitrogen and oxygen atoms in total. The van der Waals surface area contributed by atoms with E-state index in [1.165, 1.54) is 50.5 Å². The van der Waals surface area contributed by atoms with Crippen LogP contribution in [0.5, 0.6) is 0 Å². The van der Waals surface area contributed by atoms with Crippen molar-refractivity contribution in [1.29, 1.82) is 0 Å². The quantitative estimate of drug-likeness (QED) is 0.746. The van der Waals surface area contributed by atoms with E-state index in [4.69, 9.17) is 4.42 Å². The topological polar surface area (TPSA) is 50.4 Å². The molecule has 0 aromatic carbocycles. The third kappa shape index (κ3) is 2.60. The zero-order chi connectivity index (χ0) is 18.8. The molecule has 4 fully saturated rings. The summed E-state index contributed by atoms with van der Waals surface area (Å²) in [5.41, 5.74) is 1.78. The number of aliphatic hydroxyl groups excluding tert-OH is 1. The van der Waals surface area contributed by atoms with Gasteiger partial charge in [0, 0.05) is 6.07 Å². The van der Waals surface area contributed by atoms with E-state index < -0.39 is 0 Å². The predicted octanol–water partition coefficient (Wildman–Crippen LogP) is 5.13. The predicted molar refractivity (Wildman–Crippen MR) is 105 cm³/mol. The molecule has 7 unspecified atom stereocenters. The van der Waals surface area contributed by atoms with Gasteiger partial charge in [0.05, 0.1) is 12.4 Å². The Morgan fingerprint density at radius 1 is 0.963 bits per heavy atom. The summed E-state index contributed by atoms with van der Waals surface area (Å²) in [5, 5.41) is 10.2. The molecule has 1 aromatic heterocycles. The number of hydrogen-bond acceptors (Lipinski definition) is 3. The highest BCUT2D eigenvalue weighted by atomic mass is 16.4. The van der Waals surface area contributed by atoms with Crippen molar-refractivity contribution in [2.75, 3.05) is 0 Å². The van der Waals surface area contributed by atoms with Crippen LogP contribution in [0.15, 0.2) is 27.6 Å². The van der Waals surface area contributed by atoms with Crippen molar-refractivity contribution in [3.05, 3.63) is 34.4 Å². The van der Waals surface area contributed by atoms with Gasteiger partial charge >= 0.3 is 5.63 Å². The summed E-state index contributed by atoms with van der Waals surface area (Å²) in [6.07, 6.45) is 12.8. The molecule has 148 valence electrons. The average molecular weight is 371 g/mol. The van der Waals surface area contributed by atoms with Crippen molar-refractivity contribution >= 4 is 0 Å². The minimum Gasteiger partial charge on any atom is -0.431 e. The first-order valence-electron chi connectivity index (χ1n) is 11.2. The number of aliphatic hydroxyl groups is 1. The van der Waals surface area contributed by atoms with Crippen LogP contribution in [0.25, 0.3) is 0 Å². The van der Waals surface area contributed by atoms with E-state index in [1.807, 2.05) is 6.07 Å². The Morgan fingerprint density at radius 3 is 2.52 bits per heavy atom. The van der Waals surface area contributed by atoms with Gasteiger partial charge in [-0.15, -0.1) is 0 Å². The first kappa shape index (κ1) is 18.0. The van der Waals surface area contributed by atoms with Crippen LogP contribution in [-0.2, 0) is 0 Å². The standard InChI is InChI=1S/C24H34O3/c1-23-11-9-17(25)13-16(23)4-5-18-20-7-6-19(15-3-8-22(26)27-14-15)24(20,2)12-10-21(18)23/h3,8,14,16-21,25H,4-7,9-13H2,1-2H3/t16?,17-,18?,19?,20?,21?,23?,24?/m0/s1.